The van der Waals surface area contributed by atoms with E-state index in [0.29, 0.717) is 0 Å². The Kier molecular flexibility index (Phi) is 2.26. The highest BCUT2D eigenvalue weighted by atomic mass is 14.7. The van der Waals surface area contributed by atoms with E-state index >= 15 is 0 Å². The van der Waals surface area contributed by atoms with Crippen LogP contribution in [-0.4, -0.2) is 0 Å². The first-order valence-electron chi connectivity index (χ1n) is 9.04. The molecule has 0 unspecified atom stereocenters. The van der Waals surface area contributed by atoms with Gasteiger partial charge in [-0.2, -0.15) is 0 Å². The Morgan fingerprint density at radius 1 is 0.423 bits per heavy atom. The number of fused-ring (bicyclic) bond motifs is 3. The second-order valence-corrected chi connectivity index (χ2v) is 7.57. The van der Waals surface area contributed by atoms with Crippen molar-refractivity contribution in [3.8, 4) is 0 Å². The van der Waals surface area contributed by atoms with Crippen molar-refractivity contribution in [2.24, 2.45) is 5.41 Å². The largest absolute Gasteiger partial charge is 0.0939 e. The van der Waals surface area contributed by atoms with Gasteiger partial charge >= 0.3 is 0 Å². The summed E-state index contributed by atoms with van der Waals surface area (Å²) in [5.74, 6) is 0. The number of hydrogen-bond donors (Lipinski definition) is 0. The van der Waals surface area contributed by atoms with Gasteiger partial charge in [0.2, 0.25) is 0 Å². The summed E-state index contributed by atoms with van der Waals surface area (Å²) >= 11 is 0. The molecule has 0 spiro atoms. The average Bonchev–Trinajstić information content (AvgIpc) is 3.18. The van der Waals surface area contributed by atoms with Gasteiger partial charge in [-0.05, 0) is 50.1 Å². The third kappa shape index (κ3) is 1.09. The molecule has 3 aliphatic carbocycles. The lowest BCUT2D eigenvalue weighted by Crippen LogP contribution is -2.36. The van der Waals surface area contributed by atoms with Crippen LogP contribution in [0.25, 0.3) is 16.7 Å². The van der Waals surface area contributed by atoms with Crippen molar-refractivity contribution >= 4 is 16.7 Å². The summed E-state index contributed by atoms with van der Waals surface area (Å²) in [5.41, 5.74) is 10.5. The predicted octanol–water partition coefficient (Wildman–Crippen LogP) is 6.09. The molecular weight excluding hydrogens is 312 g/mol. The van der Waals surface area contributed by atoms with Gasteiger partial charge in [0.15, 0.2) is 0 Å². The van der Waals surface area contributed by atoms with Gasteiger partial charge in [-0.15, -0.1) is 0 Å². The molecule has 3 aromatic carbocycles. The summed E-state index contributed by atoms with van der Waals surface area (Å²) in [5, 5.41) is 0. The van der Waals surface area contributed by atoms with Crippen LogP contribution in [0, 0.1) is 5.41 Å². The van der Waals surface area contributed by atoms with Crippen LogP contribution in [0.5, 0.6) is 0 Å². The Morgan fingerprint density at radius 2 is 0.731 bits per heavy atom. The van der Waals surface area contributed by atoms with Crippen LogP contribution in [0.4, 0.5) is 0 Å². The lowest BCUT2D eigenvalue weighted by atomic mass is 9.61. The zero-order valence-corrected chi connectivity index (χ0v) is 14.5. The highest BCUT2D eigenvalue weighted by Gasteiger charge is 2.72. The standard InChI is InChI=1S/C26H18/c1-16-19-10-4-7-13-22(19)26-23-14-8-5-11-20(23)17(2)25(16,26)18(3)21-12-6-9-15-24(21)26/h4-15H,1-3H2. The molecule has 122 valence electrons. The van der Waals surface area contributed by atoms with Crippen molar-refractivity contribution in [2.75, 3.05) is 0 Å². The minimum atomic E-state index is -0.385. The van der Waals surface area contributed by atoms with Gasteiger partial charge in [-0.1, -0.05) is 92.5 Å². The molecule has 0 fully saturated rings. The van der Waals surface area contributed by atoms with Gasteiger partial charge in [0.1, 0.15) is 0 Å². The van der Waals surface area contributed by atoms with E-state index in [0.717, 1.165) is 16.7 Å². The van der Waals surface area contributed by atoms with Crippen LogP contribution in [0.3, 0.4) is 0 Å². The van der Waals surface area contributed by atoms with Crippen LogP contribution in [0.15, 0.2) is 92.5 Å². The summed E-state index contributed by atoms with van der Waals surface area (Å²) in [7, 11) is 0. The van der Waals surface area contributed by atoms with Crippen LogP contribution in [0.1, 0.15) is 33.4 Å². The van der Waals surface area contributed by atoms with E-state index in [1.165, 1.54) is 33.4 Å². The number of allylic oxidation sites excluding steroid dienone is 3. The fraction of sp³-hybridized carbons (Fsp3) is 0.0769. The first-order valence-corrected chi connectivity index (χ1v) is 9.04. The monoisotopic (exact) mass is 330 g/mol. The lowest BCUT2D eigenvalue weighted by Gasteiger charge is -2.38. The maximum absolute atomic E-state index is 4.61. The summed E-state index contributed by atoms with van der Waals surface area (Å²) in [6.45, 7) is 13.8. The molecule has 0 heteroatoms. The van der Waals surface area contributed by atoms with Crippen LogP contribution in [-0.2, 0) is 5.41 Å². The topological polar surface area (TPSA) is 0 Å². The van der Waals surface area contributed by atoms with Crippen LogP contribution >= 0.6 is 0 Å². The first kappa shape index (κ1) is 14.1. The molecule has 0 saturated heterocycles. The van der Waals surface area contributed by atoms with E-state index in [2.05, 4.69) is 92.5 Å². The molecule has 26 heavy (non-hydrogen) atoms. The fourth-order valence-corrected chi connectivity index (χ4v) is 6.09. The summed E-state index contributed by atoms with van der Waals surface area (Å²) in [4.78, 5) is 0. The second-order valence-electron chi connectivity index (χ2n) is 7.57. The second kappa shape index (κ2) is 4.16. The quantitative estimate of drug-likeness (QED) is 0.468. The molecular formula is C26H18. The normalized spacial score (nSPS) is 27.0. The van der Waals surface area contributed by atoms with Crippen LogP contribution < -0.4 is 0 Å². The third-order valence-electron chi connectivity index (χ3n) is 6.89. The Labute approximate surface area is 153 Å². The van der Waals surface area contributed by atoms with Crippen molar-refractivity contribution in [2.45, 2.75) is 5.41 Å². The van der Waals surface area contributed by atoms with Crippen LogP contribution in [0.2, 0.25) is 0 Å². The minimum Gasteiger partial charge on any atom is -0.0939 e. The van der Waals surface area contributed by atoms with E-state index in [9.17, 15) is 0 Å². The molecule has 0 radical (unpaired) electrons. The molecule has 0 heterocycles. The molecule has 0 bridgehead atoms. The molecule has 0 aromatic heterocycles. The molecule has 3 aromatic rings. The summed E-state index contributed by atoms with van der Waals surface area (Å²) < 4.78 is 0. The van der Waals surface area contributed by atoms with Crippen molar-refractivity contribution in [3.63, 3.8) is 0 Å². The molecule has 0 atom stereocenters. The smallest absolute Gasteiger partial charge is 0.0646 e. The van der Waals surface area contributed by atoms with E-state index in [-0.39, 0.29) is 10.8 Å². The predicted molar refractivity (Wildman–Crippen MR) is 109 cm³/mol. The molecule has 3 aliphatic rings. The average molecular weight is 330 g/mol. The van der Waals surface area contributed by atoms with E-state index in [4.69, 9.17) is 0 Å². The Hall–Kier alpha value is -3.12. The summed E-state index contributed by atoms with van der Waals surface area (Å²) in [6.07, 6.45) is 0. The molecule has 0 N–H and O–H groups in total. The SMILES string of the molecule is C=C1c2ccccc2C23c4ccccc4C(=C)C12C(=C)c1ccccc13. The van der Waals surface area contributed by atoms with E-state index < -0.39 is 0 Å². The molecule has 0 saturated carbocycles. The Balaban J connectivity index is 1.94. The van der Waals surface area contributed by atoms with Gasteiger partial charge in [-0.25, -0.2) is 0 Å². The minimum absolute atomic E-state index is 0.290. The van der Waals surface area contributed by atoms with Crippen molar-refractivity contribution in [1.29, 1.82) is 0 Å². The van der Waals surface area contributed by atoms with Crippen molar-refractivity contribution in [3.05, 3.63) is 126 Å². The first-order chi connectivity index (χ1) is 12.7. The maximum Gasteiger partial charge on any atom is 0.0646 e. The maximum atomic E-state index is 4.61. The number of benzene rings is 3. The zero-order valence-electron chi connectivity index (χ0n) is 14.5. The zero-order chi connectivity index (χ0) is 17.7. The molecule has 0 aliphatic heterocycles. The van der Waals surface area contributed by atoms with Gasteiger partial charge < -0.3 is 0 Å². The Morgan fingerprint density at radius 3 is 1.08 bits per heavy atom. The molecule has 6 rings (SSSR count). The Bertz CT molecular complexity index is 1040. The highest BCUT2D eigenvalue weighted by Crippen LogP contribution is 2.80. The molecule has 0 amide bonds. The lowest BCUT2D eigenvalue weighted by molar-refractivity contribution is 0.534. The van der Waals surface area contributed by atoms with E-state index in [1.807, 2.05) is 0 Å². The van der Waals surface area contributed by atoms with Gasteiger partial charge in [0, 0.05) is 0 Å². The van der Waals surface area contributed by atoms with Gasteiger partial charge in [-0.3, -0.25) is 0 Å². The molecule has 0 nitrogen and oxygen atoms in total. The summed E-state index contributed by atoms with van der Waals surface area (Å²) in [6, 6.07) is 26.2. The number of rotatable bonds is 0. The number of hydrogen-bond acceptors (Lipinski definition) is 0. The van der Waals surface area contributed by atoms with Crippen molar-refractivity contribution < 1.29 is 0 Å². The van der Waals surface area contributed by atoms with E-state index in [1.54, 1.807) is 0 Å². The third-order valence-corrected chi connectivity index (χ3v) is 6.89. The van der Waals surface area contributed by atoms with Gasteiger partial charge in [0.25, 0.3) is 0 Å². The highest BCUT2D eigenvalue weighted by molar-refractivity contribution is 6.13. The van der Waals surface area contributed by atoms with Crippen molar-refractivity contribution in [1.82, 2.24) is 0 Å². The van der Waals surface area contributed by atoms with Gasteiger partial charge in [0.05, 0.1) is 10.8 Å². The fourth-order valence-electron chi connectivity index (χ4n) is 6.09.